The zero-order chi connectivity index (χ0) is 9.97. The first-order chi connectivity index (χ1) is 6.75. The van der Waals surface area contributed by atoms with E-state index in [1.165, 1.54) is 16.7 Å². The molecule has 14 heavy (non-hydrogen) atoms. The molecule has 0 aromatic heterocycles. The molecule has 0 spiro atoms. The largest absolute Gasteiger partial charge is 0.143 e. The molecule has 2 aromatic rings. The minimum atomic E-state index is 1.02. The fraction of sp³-hybridized carbons (Fsp3) is 0.0769. The highest BCUT2D eigenvalue weighted by atomic mass is 32.1. The maximum absolute atomic E-state index is 4.37. The van der Waals surface area contributed by atoms with Gasteiger partial charge in [0.25, 0.3) is 0 Å². The van der Waals surface area contributed by atoms with Gasteiger partial charge in [-0.15, -0.1) is 12.6 Å². The highest BCUT2D eigenvalue weighted by molar-refractivity contribution is 7.80. The molecule has 70 valence electrons. The lowest BCUT2D eigenvalue weighted by Gasteiger charge is -2.04. The van der Waals surface area contributed by atoms with Crippen LogP contribution >= 0.6 is 12.6 Å². The van der Waals surface area contributed by atoms with Crippen LogP contribution in [0.5, 0.6) is 0 Å². The molecule has 0 aliphatic carbocycles. The second-order valence-corrected chi connectivity index (χ2v) is 3.94. The van der Waals surface area contributed by atoms with Crippen molar-refractivity contribution in [1.82, 2.24) is 0 Å². The number of hydrogen-bond donors (Lipinski definition) is 1. The Kier molecular flexibility index (Phi) is 2.60. The number of aryl methyl sites for hydroxylation is 1. The highest BCUT2D eigenvalue weighted by Gasteiger charge is 1.98. The number of hydrogen-bond acceptors (Lipinski definition) is 1. The molecule has 0 heterocycles. The molecular weight excluding hydrogens is 188 g/mol. The van der Waals surface area contributed by atoms with Crippen LogP contribution in [0.4, 0.5) is 0 Å². The second kappa shape index (κ2) is 3.89. The standard InChI is InChI=1S/C13H12S/c1-10-7-12(9-13(14)8-10)11-5-3-2-4-6-11/h2-9,14H,1H3. The second-order valence-electron chi connectivity index (χ2n) is 3.42. The van der Waals surface area contributed by atoms with Crippen molar-refractivity contribution in [2.75, 3.05) is 0 Å². The van der Waals surface area contributed by atoms with Crippen LogP contribution in [-0.4, -0.2) is 0 Å². The van der Waals surface area contributed by atoms with Crippen molar-refractivity contribution in [2.45, 2.75) is 11.8 Å². The van der Waals surface area contributed by atoms with E-state index in [9.17, 15) is 0 Å². The van der Waals surface area contributed by atoms with E-state index in [1.807, 2.05) is 6.07 Å². The number of benzene rings is 2. The molecule has 1 heteroatoms. The van der Waals surface area contributed by atoms with Gasteiger partial charge >= 0.3 is 0 Å². The van der Waals surface area contributed by atoms with Gasteiger partial charge in [-0.2, -0.15) is 0 Å². The van der Waals surface area contributed by atoms with Gasteiger partial charge in [0.1, 0.15) is 0 Å². The Morgan fingerprint density at radius 1 is 0.857 bits per heavy atom. The molecule has 2 rings (SSSR count). The van der Waals surface area contributed by atoms with Crippen LogP contribution in [0.15, 0.2) is 53.4 Å². The van der Waals surface area contributed by atoms with Crippen molar-refractivity contribution in [2.24, 2.45) is 0 Å². The summed E-state index contributed by atoms with van der Waals surface area (Å²) >= 11 is 4.37. The van der Waals surface area contributed by atoms with Crippen LogP contribution in [0.3, 0.4) is 0 Å². The smallest absolute Gasteiger partial charge is 0.00487 e. The topological polar surface area (TPSA) is 0 Å². The minimum Gasteiger partial charge on any atom is -0.143 e. The lowest BCUT2D eigenvalue weighted by atomic mass is 10.0. The maximum Gasteiger partial charge on any atom is 0.00487 e. The van der Waals surface area contributed by atoms with Gasteiger partial charge in [-0.05, 0) is 35.7 Å². The van der Waals surface area contributed by atoms with E-state index in [0.29, 0.717) is 0 Å². The van der Waals surface area contributed by atoms with Crippen LogP contribution in [0, 0.1) is 6.92 Å². The first-order valence-corrected chi connectivity index (χ1v) is 5.06. The van der Waals surface area contributed by atoms with Gasteiger partial charge in [-0.3, -0.25) is 0 Å². The van der Waals surface area contributed by atoms with E-state index in [1.54, 1.807) is 0 Å². The van der Waals surface area contributed by atoms with Gasteiger partial charge in [-0.1, -0.05) is 36.4 Å². The van der Waals surface area contributed by atoms with Gasteiger partial charge in [0.05, 0.1) is 0 Å². The fourth-order valence-electron chi connectivity index (χ4n) is 1.56. The predicted octanol–water partition coefficient (Wildman–Crippen LogP) is 3.95. The molecule has 0 aliphatic heterocycles. The first-order valence-electron chi connectivity index (χ1n) is 4.62. The fourth-order valence-corrected chi connectivity index (χ4v) is 1.90. The third-order valence-corrected chi connectivity index (χ3v) is 2.43. The summed E-state index contributed by atoms with van der Waals surface area (Å²) in [7, 11) is 0. The quantitative estimate of drug-likeness (QED) is 0.662. The van der Waals surface area contributed by atoms with Gasteiger partial charge in [-0.25, -0.2) is 0 Å². The van der Waals surface area contributed by atoms with Crippen LogP contribution in [-0.2, 0) is 0 Å². The van der Waals surface area contributed by atoms with Crippen LogP contribution in [0.2, 0.25) is 0 Å². The first kappa shape index (κ1) is 9.35. The maximum atomic E-state index is 4.37. The van der Waals surface area contributed by atoms with Gasteiger partial charge < -0.3 is 0 Å². The normalized spacial score (nSPS) is 10.1. The summed E-state index contributed by atoms with van der Waals surface area (Å²) in [6.07, 6.45) is 0. The average molecular weight is 200 g/mol. The highest BCUT2D eigenvalue weighted by Crippen LogP contribution is 2.23. The molecule has 0 N–H and O–H groups in total. The van der Waals surface area contributed by atoms with E-state index >= 15 is 0 Å². The molecule has 0 unspecified atom stereocenters. The van der Waals surface area contributed by atoms with Crippen molar-refractivity contribution in [3.8, 4) is 11.1 Å². The molecular formula is C13H12S. The molecule has 0 bridgehead atoms. The van der Waals surface area contributed by atoms with E-state index in [0.717, 1.165) is 4.90 Å². The van der Waals surface area contributed by atoms with Crippen LogP contribution in [0.25, 0.3) is 11.1 Å². The van der Waals surface area contributed by atoms with Gasteiger partial charge in [0.15, 0.2) is 0 Å². The van der Waals surface area contributed by atoms with Crippen LogP contribution in [0.1, 0.15) is 5.56 Å². The lowest BCUT2D eigenvalue weighted by molar-refractivity contribution is 1.37. The SMILES string of the molecule is Cc1cc(S)cc(-c2ccccc2)c1. The van der Waals surface area contributed by atoms with E-state index in [-0.39, 0.29) is 0 Å². The predicted molar refractivity (Wildman–Crippen MR) is 63.9 cm³/mol. The summed E-state index contributed by atoms with van der Waals surface area (Å²) in [5.41, 5.74) is 3.72. The van der Waals surface area contributed by atoms with Crippen molar-refractivity contribution >= 4 is 12.6 Å². The van der Waals surface area contributed by atoms with Crippen molar-refractivity contribution in [3.63, 3.8) is 0 Å². The molecule has 0 saturated carbocycles. The molecule has 0 fully saturated rings. The van der Waals surface area contributed by atoms with Crippen molar-refractivity contribution in [1.29, 1.82) is 0 Å². The average Bonchev–Trinajstić information content (AvgIpc) is 2.18. The summed E-state index contributed by atoms with van der Waals surface area (Å²) in [5, 5.41) is 0. The number of rotatable bonds is 1. The van der Waals surface area contributed by atoms with E-state index in [2.05, 4.69) is 62.0 Å². The monoisotopic (exact) mass is 200 g/mol. The van der Waals surface area contributed by atoms with Gasteiger partial charge in [0, 0.05) is 4.90 Å². The summed E-state index contributed by atoms with van der Waals surface area (Å²) in [6, 6.07) is 16.7. The molecule has 0 nitrogen and oxygen atoms in total. The molecule has 0 atom stereocenters. The summed E-state index contributed by atoms with van der Waals surface area (Å²) in [4.78, 5) is 1.02. The van der Waals surface area contributed by atoms with Crippen molar-refractivity contribution in [3.05, 3.63) is 54.1 Å². The molecule has 0 saturated heterocycles. The Hall–Kier alpha value is -1.21. The Labute approximate surface area is 90.0 Å². The van der Waals surface area contributed by atoms with Crippen molar-refractivity contribution < 1.29 is 0 Å². The van der Waals surface area contributed by atoms with E-state index < -0.39 is 0 Å². The summed E-state index contributed by atoms with van der Waals surface area (Å²) in [6.45, 7) is 2.09. The molecule has 0 amide bonds. The summed E-state index contributed by atoms with van der Waals surface area (Å²) < 4.78 is 0. The molecule has 0 aliphatic rings. The Bertz CT molecular complexity index is 412. The Morgan fingerprint density at radius 3 is 2.21 bits per heavy atom. The molecule has 2 aromatic carbocycles. The van der Waals surface area contributed by atoms with Crippen LogP contribution < -0.4 is 0 Å². The Balaban J connectivity index is 2.52. The molecule has 0 radical (unpaired) electrons. The zero-order valence-corrected chi connectivity index (χ0v) is 8.96. The minimum absolute atomic E-state index is 1.02. The zero-order valence-electron chi connectivity index (χ0n) is 8.07. The lowest BCUT2D eigenvalue weighted by Crippen LogP contribution is -1.80. The third-order valence-electron chi connectivity index (χ3n) is 2.17. The summed E-state index contributed by atoms with van der Waals surface area (Å²) in [5.74, 6) is 0. The van der Waals surface area contributed by atoms with Gasteiger partial charge in [0.2, 0.25) is 0 Å². The third kappa shape index (κ3) is 1.99. The van der Waals surface area contributed by atoms with E-state index in [4.69, 9.17) is 0 Å². The number of thiol groups is 1. The Morgan fingerprint density at radius 2 is 1.57 bits per heavy atom.